The smallest absolute Gasteiger partial charge is 0.144 e. The van der Waals surface area contributed by atoms with E-state index in [1.807, 2.05) is 19.8 Å². The molecule has 0 aliphatic heterocycles. The van der Waals surface area contributed by atoms with E-state index in [9.17, 15) is 10.2 Å². The van der Waals surface area contributed by atoms with Gasteiger partial charge < -0.3 is 10.2 Å². The Hall–Kier alpha value is -0.520. The van der Waals surface area contributed by atoms with Crippen LogP contribution in [0.2, 0.25) is 0 Å². The van der Waals surface area contributed by atoms with E-state index in [-0.39, 0.29) is 0 Å². The number of hydrogen-bond donors (Lipinski definition) is 2. The quantitative estimate of drug-likeness (QED) is 0.608. The number of rotatable bonds is 5. The molecule has 0 saturated carbocycles. The number of aliphatic hydroxyl groups excluding tert-OH is 1. The van der Waals surface area contributed by atoms with Crippen molar-refractivity contribution in [3.05, 3.63) is 6.42 Å². The van der Waals surface area contributed by atoms with Gasteiger partial charge in [0.1, 0.15) is 11.7 Å². The average molecular weight is 169 g/mol. The second-order valence-electron chi connectivity index (χ2n) is 3.15. The molecule has 0 heterocycles. The molecule has 0 aromatic carbocycles. The molecular formula is C10H17O2. The van der Waals surface area contributed by atoms with Crippen molar-refractivity contribution in [3.63, 3.8) is 0 Å². The van der Waals surface area contributed by atoms with Crippen LogP contribution in [0.4, 0.5) is 0 Å². The predicted octanol–water partition coefficient (Wildman–Crippen LogP) is 1.27. The Bertz CT molecular complexity index is 152. The maximum atomic E-state index is 9.85. The van der Waals surface area contributed by atoms with Crippen molar-refractivity contribution in [2.24, 2.45) is 0 Å². The van der Waals surface area contributed by atoms with Crippen molar-refractivity contribution in [2.75, 3.05) is 0 Å². The molecule has 0 bridgehead atoms. The maximum absolute atomic E-state index is 9.85. The van der Waals surface area contributed by atoms with Gasteiger partial charge in [0, 0.05) is 0 Å². The lowest BCUT2D eigenvalue weighted by molar-refractivity contribution is -0.0606. The van der Waals surface area contributed by atoms with Crippen molar-refractivity contribution in [1.29, 1.82) is 0 Å². The summed E-state index contributed by atoms with van der Waals surface area (Å²) in [6, 6.07) is 0. The summed E-state index contributed by atoms with van der Waals surface area (Å²) in [6.45, 7) is 3.88. The Morgan fingerprint density at radius 2 is 1.75 bits per heavy atom. The molecule has 0 aliphatic carbocycles. The zero-order chi connectivity index (χ0) is 9.61. The minimum atomic E-state index is -1.14. The van der Waals surface area contributed by atoms with E-state index in [2.05, 4.69) is 0 Å². The van der Waals surface area contributed by atoms with Gasteiger partial charge in [0.2, 0.25) is 0 Å². The fourth-order valence-corrected chi connectivity index (χ4v) is 1.40. The molecule has 0 fully saturated rings. The largest absolute Gasteiger partial charge is 0.386 e. The van der Waals surface area contributed by atoms with Gasteiger partial charge >= 0.3 is 0 Å². The topological polar surface area (TPSA) is 40.5 Å². The molecule has 1 radical (unpaired) electrons. The molecular weight excluding hydrogens is 152 g/mol. The zero-order valence-electron chi connectivity index (χ0n) is 7.80. The van der Waals surface area contributed by atoms with Crippen LogP contribution in [-0.2, 0) is 0 Å². The lowest BCUT2D eigenvalue weighted by Crippen LogP contribution is -2.41. The molecule has 0 aromatic heterocycles. The fourth-order valence-electron chi connectivity index (χ4n) is 1.40. The van der Waals surface area contributed by atoms with Crippen LogP contribution in [0.25, 0.3) is 0 Å². The Balaban J connectivity index is 4.28. The number of hydrogen-bond acceptors (Lipinski definition) is 2. The molecule has 12 heavy (non-hydrogen) atoms. The fraction of sp³-hybridized carbons (Fsp3) is 0.800. The SMILES string of the molecule is [C]#CC(O)C(O)(CCC)CCC. The molecule has 0 aromatic rings. The third-order valence-electron chi connectivity index (χ3n) is 2.01. The van der Waals surface area contributed by atoms with Crippen LogP contribution >= 0.6 is 0 Å². The average Bonchev–Trinajstić information content (AvgIpc) is 2.04. The molecule has 69 valence electrons. The van der Waals surface area contributed by atoms with Gasteiger partial charge in [0.25, 0.3) is 0 Å². The first-order chi connectivity index (χ1) is 5.60. The van der Waals surface area contributed by atoms with E-state index in [4.69, 9.17) is 6.42 Å². The van der Waals surface area contributed by atoms with Crippen molar-refractivity contribution < 1.29 is 10.2 Å². The molecule has 2 nitrogen and oxygen atoms in total. The van der Waals surface area contributed by atoms with Crippen molar-refractivity contribution in [1.82, 2.24) is 0 Å². The Morgan fingerprint density at radius 1 is 1.33 bits per heavy atom. The molecule has 0 amide bonds. The third-order valence-corrected chi connectivity index (χ3v) is 2.01. The van der Waals surface area contributed by atoms with Crippen molar-refractivity contribution in [2.45, 2.75) is 51.2 Å². The van der Waals surface area contributed by atoms with Crippen LogP contribution < -0.4 is 0 Å². The van der Waals surface area contributed by atoms with Gasteiger partial charge in [0.15, 0.2) is 0 Å². The standard InChI is InChI=1S/C10H17O2/c1-4-7-10(12,8-5-2)9(11)6-3/h9,11-12H,4-5,7-8H2,1-2H3. The molecule has 0 spiro atoms. The monoisotopic (exact) mass is 169 g/mol. The number of aliphatic hydroxyl groups is 2. The summed E-state index contributed by atoms with van der Waals surface area (Å²) >= 11 is 0. The van der Waals surface area contributed by atoms with Gasteiger partial charge in [-0.3, -0.25) is 0 Å². The van der Waals surface area contributed by atoms with Crippen LogP contribution in [0.5, 0.6) is 0 Å². The summed E-state index contributed by atoms with van der Waals surface area (Å²) in [4.78, 5) is 0. The maximum Gasteiger partial charge on any atom is 0.144 e. The summed E-state index contributed by atoms with van der Waals surface area (Å²) in [5.74, 6) is 1.93. The zero-order valence-corrected chi connectivity index (χ0v) is 7.80. The minimum Gasteiger partial charge on any atom is -0.386 e. The van der Waals surface area contributed by atoms with Crippen LogP contribution in [0.3, 0.4) is 0 Å². The highest BCUT2D eigenvalue weighted by Crippen LogP contribution is 2.23. The second-order valence-corrected chi connectivity index (χ2v) is 3.15. The third kappa shape index (κ3) is 2.84. The van der Waals surface area contributed by atoms with E-state index in [1.165, 1.54) is 0 Å². The summed E-state index contributed by atoms with van der Waals surface area (Å²) in [6.07, 6.45) is 8.26. The summed E-state index contributed by atoms with van der Waals surface area (Å²) in [5, 5.41) is 19.1. The molecule has 0 aliphatic rings. The first kappa shape index (κ1) is 11.5. The Morgan fingerprint density at radius 3 is 2.00 bits per heavy atom. The normalized spacial score (nSPS) is 13.9. The molecule has 0 rings (SSSR count). The highest BCUT2D eigenvalue weighted by atomic mass is 16.3. The summed E-state index contributed by atoms with van der Waals surface area (Å²) in [5.41, 5.74) is -1.13. The van der Waals surface area contributed by atoms with Crippen molar-refractivity contribution in [3.8, 4) is 5.92 Å². The van der Waals surface area contributed by atoms with Gasteiger partial charge in [-0.15, -0.1) is 0 Å². The van der Waals surface area contributed by atoms with E-state index in [1.54, 1.807) is 0 Å². The highest BCUT2D eigenvalue weighted by molar-refractivity contribution is 5.01. The predicted molar refractivity (Wildman–Crippen MR) is 47.9 cm³/mol. The van der Waals surface area contributed by atoms with Crippen molar-refractivity contribution >= 4 is 0 Å². The first-order valence-corrected chi connectivity index (χ1v) is 4.43. The Labute approximate surface area is 74.6 Å². The van der Waals surface area contributed by atoms with E-state index < -0.39 is 11.7 Å². The van der Waals surface area contributed by atoms with E-state index in [0.29, 0.717) is 12.8 Å². The van der Waals surface area contributed by atoms with E-state index >= 15 is 0 Å². The highest BCUT2D eigenvalue weighted by Gasteiger charge is 2.32. The lowest BCUT2D eigenvalue weighted by Gasteiger charge is -2.29. The van der Waals surface area contributed by atoms with Crippen LogP contribution in [0.15, 0.2) is 0 Å². The summed E-state index contributed by atoms with van der Waals surface area (Å²) < 4.78 is 0. The second kappa shape index (κ2) is 5.18. The van der Waals surface area contributed by atoms with Gasteiger partial charge in [-0.25, -0.2) is 0 Å². The lowest BCUT2D eigenvalue weighted by atomic mass is 9.87. The van der Waals surface area contributed by atoms with Crippen LogP contribution in [-0.4, -0.2) is 21.9 Å². The van der Waals surface area contributed by atoms with Gasteiger partial charge in [-0.05, 0) is 19.3 Å². The Kier molecular flexibility index (Phi) is 4.96. The molecule has 1 unspecified atom stereocenters. The minimum absolute atomic E-state index is 0.522. The van der Waals surface area contributed by atoms with Crippen LogP contribution in [0, 0.1) is 12.3 Å². The molecule has 1 atom stereocenters. The molecule has 0 saturated heterocycles. The van der Waals surface area contributed by atoms with Gasteiger partial charge in [0.05, 0.1) is 0 Å². The van der Waals surface area contributed by atoms with E-state index in [0.717, 1.165) is 12.8 Å². The first-order valence-electron chi connectivity index (χ1n) is 4.43. The van der Waals surface area contributed by atoms with Crippen LogP contribution in [0.1, 0.15) is 39.5 Å². The molecule has 2 heteroatoms. The van der Waals surface area contributed by atoms with Gasteiger partial charge in [-0.2, -0.15) is 0 Å². The summed E-state index contributed by atoms with van der Waals surface area (Å²) in [7, 11) is 0. The molecule has 2 N–H and O–H groups in total. The van der Waals surface area contributed by atoms with Gasteiger partial charge in [-0.1, -0.05) is 32.6 Å².